The van der Waals surface area contributed by atoms with Crippen molar-refractivity contribution in [3.63, 3.8) is 0 Å². The van der Waals surface area contributed by atoms with Crippen LogP contribution in [0.5, 0.6) is 0 Å². The number of carbonyl (C=O) groups excluding carboxylic acids is 1. The third kappa shape index (κ3) is 3.53. The maximum absolute atomic E-state index is 11.2. The molecule has 0 spiro atoms. The fourth-order valence-corrected chi connectivity index (χ4v) is 1.05. The SMILES string of the molecule is CS(=O)(=O)COC(=O)c1cccnc1. The van der Waals surface area contributed by atoms with Gasteiger partial charge in [-0.05, 0) is 12.1 Å². The Morgan fingerprint density at radius 3 is 2.79 bits per heavy atom. The standard InChI is InChI=1S/C8H9NO4S/c1-14(11,12)6-13-8(10)7-3-2-4-9-5-7/h2-5H,6H2,1H3. The van der Waals surface area contributed by atoms with Crippen LogP contribution >= 0.6 is 0 Å². The van der Waals surface area contributed by atoms with Gasteiger partial charge in [-0.1, -0.05) is 0 Å². The monoisotopic (exact) mass is 215 g/mol. The Balaban J connectivity index is 2.61. The first-order chi connectivity index (χ1) is 6.49. The van der Waals surface area contributed by atoms with Gasteiger partial charge >= 0.3 is 5.97 Å². The van der Waals surface area contributed by atoms with Crippen LogP contribution in [0.1, 0.15) is 10.4 Å². The van der Waals surface area contributed by atoms with Crippen molar-refractivity contribution in [2.75, 3.05) is 12.2 Å². The number of esters is 1. The highest BCUT2D eigenvalue weighted by atomic mass is 32.2. The molecular weight excluding hydrogens is 206 g/mol. The van der Waals surface area contributed by atoms with Crippen LogP contribution in [0.25, 0.3) is 0 Å². The molecule has 5 nitrogen and oxygen atoms in total. The van der Waals surface area contributed by atoms with E-state index in [9.17, 15) is 13.2 Å². The molecule has 0 bridgehead atoms. The van der Waals surface area contributed by atoms with Crippen molar-refractivity contribution in [3.8, 4) is 0 Å². The number of hydrogen-bond acceptors (Lipinski definition) is 5. The van der Waals surface area contributed by atoms with Gasteiger partial charge in [0.05, 0.1) is 5.56 Å². The van der Waals surface area contributed by atoms with Crippen LogP contribution in [0.4, 0.5) is 0 Å². The minimum absolute atomic E-state index is 0.233. The van der Waals surface area contributed by atoms with E-state index in [1.807, 2.05) is 0 Å². The molecule has 1 rings (SSSR count). The summed E-state index contributed by atoms with van der Waals surface area (Å²) < 4.78 is 25.9. The molecular formula is C8H9NO4S. The number of sulfone groups is 1. The Kier molecular flexibility index (Phi) is 3.19. The van der Waals surface area contributed by atoms with Crippen LogP contribution in [0.3, 0.4) is 0 Å². The molecule has 0 N–H and O–H groups in total. The van der Waals surface area contributed by atoms with E-state index < -0.39 is 21.7 Å². The number of aromatic nitrogens is 1. The molecule has 0 aliphatic heterocycles. The molecule has 0 saturated carbocycles. The molecule has 1 heterocycles. The van der Waals surface area contributed by atoms with E-state index >= 15 is 0 Å². The van der Waals surface area contributed by atoms with E-state index in [1.165, 1.54) is 18.5 Å². The minimum atomic E-state index is -3.29. The summed E-state index contributed by atoms with van der Waals surface area (Å²) in [5.74, 6) is -1.30. The lowest BCUT2D eigenvalue weighted by atomic mass is 10.3. The summed E-state index contributed by atoms with van der Waals surface area (Å²) in [4.78, 5) is 14.9. The normalized spacial score (nSPS) is 10.9. The van der Waals surface area contributed by atoms with Crippen LogP contribution in [-0.2, 0) is 14.6 Å². The second-order valence-corrected chi connectivity index (χ2v) is 4.80. The van der Waals surface area contributed by atoms with Gasteiger partial charge in [0.15, 0.2) is 15.8 Å². The second kappa shape index (κ2) is 4.19. The Hall–Kier alpha value is -1.43. The molecule has 0 saturated heterocycles. The fraction of sp³-hybridized carbons (Fsp3) is 0.250. The summed E-state index contributed by atoms with van der Waals surface area (Å²) in [5, 5.41) is 0. The number of hydrogen-bond donors (Lipinski definition) is 0. The maximum atomic E-state index is 11.2. The maximum Gasteiger partial charge on any atom is 0.340 e. The number of pyridine rings is 1. The molecule has 0 amide bonds. The molecule has 0 radical (unpaired) electrons. The highest BCUT2D eigenvalue weighted by Gasteiger charge is 2.10. The van der Waals surface area contributed by atoms with Gasteiger partial charge in [-0.15, -0.1) is 0 Å². The van der Waals surface area contributed by atoms with Crippen molar-refractivity contribution >= 4 is 15.8 Å². The Bertz CT molecular complexity index is 412. The quantitative estimate of drug-likeness (QED) is 0.675. The third-order valence-electron chi connectivity index (χ3n) is 1.30. The topological polar surface area (TPSA) is 73.3 Å². The Morgan fingerprint density at radius 1 is 1.57 bits per heavy atom. The molecule has 0 atom stereocenters. The zero-order valence-electron chi connectivity index (χ0n) is 7.50. The zero-order valence-corrected chi connectivity index (χ0v) is 8.32. The van der Waals surface area contributed by atoms with Gasteiger partial charge in [0.2, 0.25) is 0 Å². The average Bonchev–Trinajstić information content (AvgIpc) is 2.14. The molecule has 0 aliphatic carbocycles. The second-order valence-electron chi connectivity index (χ2n) is 2.72. The van der Waals surface area contributed by atoms with Crippen LogP contribution in [0.15, 0.2) is 24.5 Å². The number of rotatable bonds is 3. The molecule has 0 aromatic carbocycles. The number of nitrogens with zero attached hydrogens (tertiary/aromatic N) is 1. The molecule has 0 unspecified atom stereocenters. The van der Waals surface area contributed by atoms with Crippen molar-refractivity contribution in [2.24, 2.45) is 0 Å². The highest BCUT2D eigenvalue weighted by molar-refractivity contribution is 7.90. The smallest absolute Gasteiger partial charge is 0.340 e. The highest BCUT2D eigenvalue weighted by Crippen LogP contribution is 1.99. The first-order valence-corrected chi connectivity index (χ1v) is 5.80. The van der Waals surface area contributed by atoms with Gasteiger partial charge < -0.3 is 4.74 Å². The molecule has 1 aromatic heterocycles. The summed E-state index contributed by atoms with van der Waals surface area (Å²) in [7, 11) is -3.29. The third-order valence-corrected chi connectivity index (χ3v) is 1.85. The van der Waals surface area contributed by atoms with Crippen LogP contribution in [0, 0.1) is 0 Å². The number of ether oxygens (including phenoxy) is 1. The lowest BCUT2D eigenvalue weighted by Crippen LogP contribution is -2.13. The van der Waals surface area contributed by atoms with Gasteiger partial charge in [0.25, 0.3) is 0 Å². The summed E-state index contributed by atoms with van der Waals surface area (Å²) >= 11 is 0. The summed E-state index contributed by atoms with van der Waals surface area (Å²) in [6.45, 7) is 0. The van der Waals surface area contributed by atoms with Crippen molar-refractivity contribution in [3.05, 3.63) is 30.1 Å². The number of carbonyl (C=O) groups is 1. The van der Waals surface area contributed by atoms with E-state index in [2.05, 4.69) is 9.72 Å². The van der Waals surface area contributed by atoms with Crippen molar-refractivity contribution in [2.45, 2.75) is 0 Å². The largest absolute Gasteiger partial charge is 0.446 e. The van der Waals surface area contributed by atoms with E-state index in [1.54, 1.807) is 6.07 Å². The lowest BCUT2D eigenvalue weighted by molar-refractivity contribution is 0.0571. The Morgan fingerprint density at radius 2 is 2.29 bits per heavy atom. The van der Waals surface area contributed by atoms with Crippen LogP contribution in [-0.4, -0.2) is 31.6 Å². The predicted molar refractivity (Wildman–Crippen MR) is 49.4 cm³/mol. The molecule has 14 heavy (non-hydrogen) atoms. The summed E-state index contributed by atoms with van der Waals surface area (Å²) in [6.07, 6.45) is 3.81. The molecule has 76 valence electrons. The first-order valence-electron chi connectivity index (χ1n) is 3.74. The molecule has 0 aliphatic rings. The summed E-state index contributed by atoms with van der Waals surface area (Å²) in [5.41, 5.74) is 0.233. The van der Waals surface area contributed by atoms with Crippen LogP contribution in [0.2, 0.25) is 0 Å². The van der Waals surface area contributed by atoms with E-state index in [4.69, 9.17) is 0 Å². The van der Waals surface area contributed by atoms with Crippen molar-refractivity contribution < 1.29 is 17.9 Å². The van der Waals surface area contributed by atoms with Gasteiger partial charge in [-0.3, -0.25) is 4.98 Å². The summed E-state index contributed by atoms with van der Waals surface area (Å²) in [6, 6.07) is 3.06. The first kappa shape index (κ1) is 10.6. The van der Waals surface area contributed by atoms with Gasteiger partial charge in [0, 0.05) is 18.6 Å². The van der Waals surface area contributed by atoms with Crippen LogP contribution < -0.4 is 0 Å². The van der Waals surface area contributed by atoms with Gasteiger partial charge in [0.1, 0.15) is 0 Å². The Labute approximate surface area is 81.6 Å². The van der Waals surface area contributed by atoms with E-state index in [-0.39, 0.29) is 5.56 Å². The average molecular weight is 215 g/mol. The molecule has 0 fully saturated rings. The van der Waals surface area contributed by atoms with E-state index in [0.717, 1.165) is 6.26 Å². The lowest BCUT2D eigenvalue weighted by Gasteiger charge is -2.01. The molecule has 1 aromatic rings. The van der Waals surface area contributed by atoms with Gasteiger partial charge in [-0.25, -0.2) is 13.2 Å². The molecule has 6 heteroatoms. The van der Waals surface area contributed by atoms with Gasteiger partial charge in [-0.2, -0.15) is 0 Å². The van der Waals surface area contributed by atoms with Crippen molar-refractivity contribution in [1.29, 1.82) is 0 Å². The predicted octanol–water partition coefficient (Wildman–Crippen LogP) is 0.241. The zero-order chi connectivity index (χ0) is 10.6. The van der Waals surface area contributed by atoms with E-state index in [0.29, 0.717) is 0 Å². The minimum Gasteiger partial charge on any atom is -0.446 e. The fourth-order valence-electron chi connectivity index (χ4n) is 0.727. The van der Waals surface area contributed by atoms with Crippen molar-refractivity contribution in [1.82, 2.24) is 4.98 Å².